The largest absolute Gasteiger partial charge is 0.352 e. The lowest BCUT2D eigenvalue weighted by Crippen LogP contribution is -2.59. The maximum atomic E-state index is 12.1. The summed E-state index contributed by atoms with van der Waals surface area (Å²) in [7, 11) is 1.80. The fourth-order valence-electron chi connectivity index (χ4n) is 2.89. The Hall–Kier alpha value is -2.89. The van der Waals surface area contributed by atoms with E-state index in [9.17, 15) is 4.79 Å². The van der Waals surface area contributed by atoms with E-state index < -0.39 is 0 Å². The van der Waals surface area contributed by atoms with E-state index >= 15 is 0 Å². The molecule has 6 nitrogen and oxygen atoms in total. The molecule has 0 saturated carbocycles. The fraction of sp³-hybridized carbons (Fsp3) is 0.235. The molecule has 4 rings (SSSR count). The van der Waals surface area contributed by atoms with Gasteiger partial charge in [0.05, 0.1) is 6.04 Å². The van der Waals surface area contributed by atoms with Crippen LogP contribution in [0.5, 0.6) is 0 Å². The van der Waals surface area contributed by atoms with E-state index in [4.69, 9.17) is 0 Å². The van der Waals surface area contributed by atoms with Gasteiger partial charge in [0.25, 0.3) is 5.91 Å². The van der Waals surface area contributed by atoms with E-state index in [1.165, 1.54) is 5.39 Å². The molecule has 23 heavy (non-hydrogen) atoms. The first-order valence-electron chi connectivity index (χ1n) is 7.60. The quantitative estimate of drug-likeness (QED) is 0.798. The van der Waals surface area contributed by atoms with Crippen molar-refractivity contribution in [2.24, 2.45) is 7.05 Å². The van der Waals surface area contributed by atoms with Gasteiger partial charge < -0.3 is 10.2 Å². The topological polar surface area (TPSA) is 63.1 Å². The summed E-state index contributed by atoms with van der Waals surface area (Å²) in [6.07, 6.45) is 3.60. The Morgan fingerprint density at radius 3 is 2.83 bits per heavy atom. The van der Waals surface area contributed by atoms with E-state index in [1.807, 2.05) is 24.4 Å². The van der Waals surface area contributed by atoms with Crippen molar-refractivity contribution in [3.63, 3.8) is 0 Å². The maximum absolute atomic E-state index is 12.1. The number of fused-ring (bicyclic) bond motifs is 1. The minimum absolute atomic E-state index is 0.124. The van der Waals surface area contributed by atoms with Crippen molar-refractivity contribution in [2.45, 2.75) is 6.04 Å². The van der Waals surface area contributed by atoms with Crippen LogP contribution in [-0.2, 0) is 7.05 Å². The summed E-state index contributed by atoms with van der Waals surface area (Å²) in [5.74, 6) is 0.854. The highest BCUT2D eigenvalue weighted by Crippen LogP contribution is 2.27. The van der Waals surface area contributed by atoms with Gasteiger partial charge in [0.1, 0.15) is 11.5 Å². The van der Waals surface area contributed by atoms with Gasteiger partial charge in [0.2, 0.25) is 0 Å². The van der Waals surface area contributed by atoms with Crippen LogP contribution in [0.3, 0.4) is 0 Å². The monoisotopic (exact) mass is 307 g/mol. The van der Waals surface area contributed by atoms with Crippen LogP contribution in [0, 0.1) is 0 Å². The predicted octanol–water partition coefficient (Wildman–Crippen LogP) is 1.59. The number of hydrogen-bond acceptors (Lipinski definition) is 4. The number of anilines is 1. The zero-order valence-corrected chi connectivity index (χ0v) is 12.8. The van der Waals surface area contributed by atoms with Crippen LogP contribution in [-0.4, -0.2) is 39.8 Å². The summed E-state index contributed by atoms with van der Waals surface area (Å²) in [6, 6.07) is 12.1. The second-order valence-electron chi connectivity index (χ2n) is 5.81. The summed E-state index contributed by atoms with van der Waals surface area (Å²) in [5, 5.41) is 9.45. The van der Waals surface area contributed by atoms with E-state index in [2.05, 4.69) is 32.4 Å². The van der Waals surface area contributed by atoms with Gasteiger partial charge in [-0.25, -0.2) is 4.98 Å². The number of nitrogens with one attached hydrogen (secondary N) is 1. The Morgan fingerprint density at radius 1 is 1.22 bits per heavy atom. The summed E-state index contributed by atoms with van der Waals surface area (Å²) in [5.41, 5.74) is 0.453. The molecule has 3 aromatic rings. The minimum Gasteiger partial charge on any atom is -0.352 e. The molecule has 0 bridgehead atoms. The number of carbonyl (C=O) groups is 1. The molecule has 0 spiro atoms. The Labute approximate surface area is 133 Å². The van der Waals surface area contributed by atoms with Crippen molar-refractivity contribution < 1.29 is 4.79 Å². The van der Waals surface area contributed by atoms with Crippen LogP contribution in [0.1, 0.15) is 10.5 Å². The van der Waals surface area contributed by atoms with Crippen molar-refractivity contribution in [1.29, 1.82) is 0 Å². The van der Waals surface area contributed by atoms with Crippen LogP contribution in [0.15, 0.2) is 48.8 Å². The molecule has 1 amide bonds. The van der Waals surface area contributed by atoms with Crippen molar-refractivity contribution in [3.05, 3.63) is 54.5 Å². The molecule has 1 N–H and O–H groups in total. The second kappa shape index (κ2) is 5.39. The van der Waals surface area contributed by atoms with Gasteiger partial charge in [-0.2, -0.15) is 5.10 Å². The summed E-state index contributed by atoms with van der Waals surface area (Å²) in [4.78, 5) is 18.8. The Kier molecular flexibility index (Phi) is 3.22. The molecule has 0 radical (unpaired) electrons. The first kappa shape index (κ1) is 13.8. The Morgan fingerprint density at radius 2 is 2.04 bits per heavy atom. The van der Waals surface area contributed by atoms with Gasteiger partial charge in [-0.15, -0.1) is 0 Å². The first-order chi connectivity index (χ1) is 11.2. The van der Waals surface area contributed by atoms with Gasteiger partial charge in [0.15, 0.2) is 0 Å². The molecule has 0 unspecified atom stereocenters. The van der Waals surface area contributed by atoms with Crippen LogP contribution in [0.25, 0.3) is 10.8 Å². The molecule has 0 atom stereocenters. The van der Waals surface area contributed by atoms with Crippen molar-refractivity contribution in [1.82, 2.24) is 20.1 Å². The number of nitrogens with zero attached hydrogens (tertiary/aromatic N) is 4. The number of carbonyl (C=O) groups excluding carboxylic acids is 1. The average molecular weight is 307 g/mol. The smallest absolute Gasteiger partial charge is 0.272 e. The van der Waals surface area contributed by atoms with Gasteiger partial charge in [-0.05, 0) is 17.5 Å². The minimum atomic E-state index is -0.124. The number of benzene rings is 1. The number of amides is 1. The molecular formula is C17H17N5O. The van der Waals surface area contributed by atoms with Crippen LogP contribution < -0.4 is 10.2 Å². The third-order valence-corrected chi connectivity index (χ3v) is 4.12. The summed E-state index contributed by atoms with van der Waals surface area (Å²) < 4.78 is 1.63. The average Bonchev–Trinajstić information content (AvgIpc) is 2.96. The lowest BCUT2D eigenvalue weighted by molar-refractivity contribution is 0.0924. The van der Waals surface area contributed by atoms with Crippen molar-refractivity contribution in [2.75, 3.05) is 18.0 Å². The first-order valence-corrected chi connectivity index (χ1v) is 7.60. The zero-order chi connectivity index (χ0) is 15.8. The molecule has 1 aliphatic heterocycles. The molecule has 6 heteroatoms. The Balaban J connectivity index is 1.44. The lowest BCUT2D eigenvalue weighted by atomic mass is 10.1. The van der Waals surface area contributed by atoms with Crippen molar-refractivity contribution >= 4 is 22.5 Å². The van der Waals surface area contributed by atoms with Gasteiger partial charge in [-0.1, -0.05) is 24.3 Å². The number of rotatable bonds is 3. The number of hydrogen-bond donors (Lipinski definition) is 1. The molecule has 1 saturated heterocycles. The molecular weight excluding hydrogens is 290 g/mol. The van der Waals surface area contributed by atoms with E-state index in [1.54, 1.807) is 24.0 Å². The van der Waals surface area contributed by atoms with E-state index in [0.29, 0.717) is 5.69 Å². The number of aryl methyl sites for hydroxylation is 1. The van der Waals surface area contributed by atoms with Gasteiger partial charge in [-0.3, -0.25) is 9.48 Å². The number of pyridine rings is 1. The highest BCUT2D eigenvalue weighted by molar-refractivity contribution is 5.94. The third-order valence-electron chi connectivity index (χ3n) is 4.12. The zero-order valence-electron chi connectivity index (χ0n) is 12.8. The number of aromatic nitrogens is 3. The summed E-state index contributed by atoms with van der Waals surface area (Å²) >= 11 is 0. The lowest BCUT2D eigenvalue weighted by Gasteiger charge is -2.40. The van der Waals surface area contributed by atoms with Crippen molar-refractivity contribution in [3.8, 4) is 0 Å². The SMILES string of the molecule is Cn1ccc(C(=O)NC2CN(c3nccc4ccccc34)C2)n1. The fourth-order valence-corrected chi connectivity index (χ4v) is 2.89. The maximum Gasteiger partial charge on any atom is 0.272 e. The highest BCUT2D eigenvalue weighted by Gasteiger charge is 2.30. The Bertz CT molecular complexity index is 861. The standard InChI is InChI=1S/C17H17N5O/c1-21-9-7-15(20-21)17(23)19-13-10-22(11-13)16-14-5-3-2-4-12(14)6-8-18-16/h2-9,13H,10-11H2,1H3,(H,19,23). The second-order valence-corrected chi connectivity index (χ2v) is 5.81. The van der Waals surface area contributed by atoms with Crippen LogP contribution in [0.2, 0.25) is 0 Å². The summed E-state index contributed by atoms with van der Waals surface area (Å²) in [6.45, 7) is 1.53. The molecule has 1 aliphatic rings. The molecule has 1 fully saturated rings. The molecule has 116 valence electrons. The molecule has 0 aliphatic carbocycles. The third kappa shape index (κ3) is 2.52. The van der Waals surface area contributed by atoms with Crippen LogP contribution >= 0.6 is 0 Å². The van der Waals surface area contributed by atoms with E-state index in [0.717, 1.165) is 24.3 Å². The normalized spacial score (nSPS) is 14.7. The molecule has 3 heterocycles. The van der Waals surface area contributed by atoms with E-state index in [-0.39, 0.29) is 11.9 Å². The molecule has 2 aromatic heterocycles. The van der Waals surface area contributed by atoms with Gasteiger partial charge in [0, 0.05) is 37.9 Å². The highest BCUT2D eigenvalue weighted by atomic mass is 16.2. The van der Waals surface area contributed by atoms with Gasteiger partial charge >= 0.3 is 0 Å². The molecule has 1 aromatic carbocycles. The predicted molar refractivity (Wildman–Crippen MR) is 88.4 cm³/mol. The van der Waals surface area contributed by atoms with Crippen LogP contribution in [0.4, 0.5) is 5.82 Å².